The maximum absolute atomic E-state index is 6.45. The highest BCUT2D eigenvalue weighted by Gasteiger charge is 2.31. The summed E-state index contributed by atoms with van der Waals surface area (Å²) in [6.07, 6.45) is 1.83. The SMILES string of the molecule is COc1cc2c(cc1OC)Oc1c(OCC(C)C)ccc3c1C(C2)NCC3. The Morgan fingerprint density at radius 1 is 1.07 bits per heavy atom. The first-order chi connectivity index (χ1) is 13.1. The van der Waals surface area contributed by atoms with Crippen LogP contribution < -0.4 is 24.3 Å². The number of methoxy groups -OCH3 is 2. The van der Waals surface area contributed by atoms with Crippen molar-refractivity contribution in [2.45, 2.75) is 32.7 Å². The van der Waals surface area contributed by atoms with Crippen molar-refractivity contribution in [2.24, 2.45) is 5.92 Å². The highest BCUT2D eigenvalue weighted by atomic mass is 16.5. The maximum atomic E-state index is 6.45. The third kappa shape index (κ3) is 3.32. The summed E-state index contributed by atoms with van der Waals surface area (Å²) >= 11 is 0. The maximum Gasteiger partial charge on any atom is 0.174 e. The van der Waals surface area contributed by atoms with E-state index >= 15 is 0 Å². The minimum atomic E-state index is 0.200. The Labute approximate surface area is 160 Å². The molecule has 0 radical (unpaired) electrons. The minimum absolute atomic E-state index is 0.200. The Kier molecular flexibility index (Phi) is 4.87. The van der Waals surface area contributed by atoms with Gasteiger partial charge < -0.3 is 24.3 Å². The lowest BCUT2D eigenvalue weighted by Crippen LogP contribution is -2.31. The van der Waals surface area contributed by atoms with Crippen LogP contribution >= 0.6 is 0 Å². The van der Waals surface area contributed by atoms with Crippen LogP contribution in [0.5, 0.6) is 28.7 Å². The molecule has 0 amide bonds. The largest absolute Gasteiger partial charge is 0.493 e. The summed E-state index contributed by atoms with van der Waals surface area (Å²) in [6.45, 7) is 5.92. The Hall–Kier alpha value is -2.40. The third-order valence-electron chi connectivity index (χ3n) is 5.16. The molecule has 0 fully saturated rings. The molecule has 5 heteroatoms. The summed E-state index contributed by atoms with van der Waals surface area (Å²) in [5.74, 6) is 4.27. The van der Waals surface area contributed by atoms with Gasteiger partial charge in [0, 0.05) is 23.2 Å². The van der Waals surface area contributed by atoms with Gasteiger partial charge in [-0.2, -0.15) is 0 Å². The fourth-order valence-corrected chi connectivity index (χ4v) is 3.84. The van der Waals surface area contributed by atoms with Crippen molar-refractivity contribution in [3.8, 4) is 28.7 Å². The van der Waals surface area contributed by atoms with Crippen molar-refractivity contribution in [1.29, 1.82) is 0 Å². The zero-order valence-electron chi connectivity index (χ0n) is 16.4. The van der Waals surface area contributed by atoms with Crippen LogP contribution in [0.3, 0.4) is 0 Å². The smallest absolute Gasteiger partial charge is 0.174 e. The number of fused-ring (bicyclic) bond motifs is 1. The Morgan fingerprint density at radius 2 is 1.85 bits per heavy atom. The molecule has 144 valence electrons. The van der Waals surface area contributed by atoms with Crippen LogP contribution in [0.15, 0.2) is 24.3 Å². The predicted octanol–water partition coefficient (Wildman–Crippen LogP) is 4.27. The molecule has 2 aliphatic rings. The van der Waals surface area contributed by atoms with Gasteiger partial charge in [-0.15, -0.1) is 0 Å². The molecule has 0 saturated carbocycles. The van der Waals surface area contributed by atoms with Gasteiger partial charge in [0.25, 0.3) is 0 Å². The summed E-state index contributed by atoms with van der Waals surface area (Å²) < 4.78 is 23.5. The van der Waals surface area contributed by atoms with Gasteiger partial charge in [0.15, 0.2) is 23.0 Å². The van der Waals surface area contributed by atoms with E-state index in [0.717, 1.165) is 47.9 Å². The second-order valence-electron chi connectivity index (χ2n) is 7.55. The van der Waals surface area contributed by atoms with Crippen molar-refractivity contribution >= 4 is 0 Å². The molecule has 2 aromatic carbocycles. The molecular formula is C22H27NO4. The molecule has 4 rings (SSSR count). The van der Waals surface area contributed by atoms with Gasteiger partial charge in [-0.3, -0.25) is 0 Å². The van der Waals surface area contributed by atoms with Crippen molar-refractivity contribution in [2.75, 3.05) is 27.4 Å². The first kappa shape index (κ1) is 18.0. The van der Waals surface area contributed by atoms with E-state index in [4.69, 9.17) is 18.9 Å². The first-order valence-corrected chi connectivity index (χ1v) is 9.55. The average Bonchev–Trinajstić information content (AvgIpc) is 2.83. The second-order valence-corrected chi connectivity index (χ2v) is 7.55. The van der Waals surface area contributed by atoms with E-state index in [2.05, 4.69) is 25.2 Å². The van der Waals surface area contributed by atoms with Crippen LogP contribution in [0.2, 0.25) is 0 Å². The van der Waals surface area contributed by atoms with Gasteiger partial charge in [-0.25, -0.2) is 0 Å². The fourth-order valence-electron chi connectivity index (χ4n) is 3.84. The van der Waals surface area contributed by atoms with E-state index in [1.807, 2.05) is 18.2 Å². The minimum Gasteiger partial charge on any atom is -0.493 e. The van der Waals surface area contributed by atoms with E-state index in [9.17, 15) is 0 Å². The highest BCUT2D eigenvalue weighted by Crippen LogP contribution is 2.48. The van der Waals surface area contributed by atoms with Crippen molar-refractivity contribution < 1.29 is 18.9 Å². The molecule has 1 atom stereocenters. The molecule has 5 nitrogen and oxygen atoms in total. The number of nitrogens with one attached hydrogen (secondary N) is 1. The number of rotatable bonds is 5. The molecule has 0 spiro atoms. The molecule has 27 heavy (non-hydrogen) atoms. The highest BCUT2D eigenvalue weighted by molar-refractivity contribution is 5.60. The van der Waals surface area contributed by atoms with Gasteiger partial charge >= 0.3 is 0 Å². The zero-order chi connectivity index (χ0) is 19.0. The Balaban J connectivity index is 1.83. The average molecular weight is 369 g/mol. The van der Waals surface area contributed by atoms with E-state index < -0.39 is 0 Å². The van der Waals surface area contributed by atoms with Crippen LogP contribution in [0.25, 0.3) is 0 Å². The van der Waals surface area contributed by atoms with Crippen LogP contribution in [0, 0.1) is 5.92 Å². The number of hydrogen-bond donors (Lipinski definition) is 1. The molecule has 0 saturated heterocycles. The predicted molar refractivity (Wildman–Crippen MR) is 105 cm³/mol. The van der Waals surface area contributed by atoms with Gasteiger partial charge in [-0.05, 0) is 43.0 Å². The lowest BCUT2D eigenvalue weighted by atomic mass is 9.90. The van der Waals surface area contributed by atoms with Crippen molar-refractivity contribution in [3.63, 3.8) is 0 Å². The summed E-state index contributed by atoms with van der Waals surface area (Å²) in [4.78, 5) is 0. The second kappa shape index (κ2) is 7.31. The third-order valence-corrected chi connectivity index (χ3v) is 5.16. The van der Waals surface area contributed by atoms with Gasteiger partial charge in [0.1, 0.15) is 5.75 Å². The zero-order valence-corrected chi connectivity index (χ0v) is 16.4. The lowest BCUT2D eigenvalue weighted by molar-refractivity contribution is 0.260. The summed E-state index contributed by atoms with van der Waals surface area (Å²) in [5, 5.41) is 3.65. The molecule has 1 N–H and O–H groups in total. The standard InChI is InChI=1S/C22H27NO4/c1-13(2)12-26-17-6-5-14-7-8-23-16-9-15-10-19(24-3)20(25-4)11-18(15)27-22(17)21(14)16/h5-6,10-11,13,16,23H,7-9,12H2,1-4H3. The fraction of sp³-hybridized carbons (Fsp3) is 0.455. The quantitative estimate of drug-likeness (QED) is 0.853. The van der Waals surface area contributed by atoms with E-state index in [1.165, 1.54) is 11.1 Å². The molecule has 0 aromatic heterocycles. The molecule has 0 aliphatic carbocycles. The van der Waals surface area contributed by atoms with Crippen LogP contribution in [0.4, 0.5) is 0 Å². The monoisotopic (exact) mass is 369 g/mol. The first-order valence-electron chi connectivity index (χ1n) is 9.55. The molecule has 2 aromatic rings. The van der Waals surface area contributed by atoms with E-state index in [-0.39, 0.29) is 6.04 Å². The Morgan fingerprint density at radius 3 is 2.59 bits per heavy atom. The molecular weight excluding hydrogens is 342 g/mol. The summed E-state index contributed by atoms with van der Waals surface area (Å²) in [7, 11) is 3.30. The van der Waals surface area contributed by atoms with Gasteiger partial charge in [-0.1, -0.05) is 19.9 Å². The molecule has 2 aliphatic heterocycles. The molecule has 2 heterocycles. The topological polar surface area (TPSA) is 49.0 Å². The van der Waals surface area contributed by atoms with Crippen molar-refractivity contribution in [3.05, 3.63) is 41.0 Å². The Bertz CT molecular complexity index is 847. The van der Waals surface area contributed by atoms with Crippen molar-refractivity contribution in [1.82, 2.24) is 5.32 Å². The summed E-state index contributed by atoms with van der Waals surface area (Å²) in [6, 6.07) is 8.36. The van der Waals surface area contributed by atoms with E-state index in [1.54, 1.807) is 14.2 Å². The van der Waals surface area contributed by atoms with Crippen LogP contribution in [0.1, 0.15) is 36.6 Å². The van der Waals surface area contributed by atoms with Crippen LogP contribution in [-0.2, 0) is 12.8 Å². The molecule has 0 bridgehead atoms. The lowest BCUT2D eigenvalue weighted by Gasteiger charge is -2.28. The van der Waals surface area contributed by atoms with Gasteiger partial charge in [0.05, 0.1) is 20.8 Å². The van der Waals surface area contributed by atoms with Gasteiger partial charge in [0.2, 0.25) is 0 Å². The van der Waals surface area contributed by atoms with E-state index in [0.29, 0.717) is 18.3 Å². The number of ether oxygens (including phenoxy) is 4. The normalized spacial score (nSPS) is 17.4. The number of benzene rings is 2. The summed E-state index contributed by atoms with van der Waals surface area (Å²) in [5.41, 5.74) is 3.65. The number of hydrogen-bond acceptors (Lipinski definition) is 5. The van der Waals surface area contributed by atoms with Crippen LogP contribution in [-0.4, -0.2) is 27.4 Å². The molecule has 1 unspecified atom stereocenters.